The molecule has 0 radical (unpaired) electrons. The number of ketones is 1. The maximum Gasteiger partial charge on any atom is 0.214 e. The summed E-state index contributed by atoms with van der Waals surface area (Å²) in [5.41, 5.74) is 1.90. The number of nitrogens with zero attached hydrogens (tertiary/aromatic N) is 3. The third-order valence-corrected chi connectivity index (χ3v) is 2.31. The van der Waals surface area contributed by atoms with E-state index in [0.717, 1.165) is 12.0 Å². The van der Waals surface area contributed by atoms with Gasteiger partial charge in [-0.25, -0.2) is 9.97 Å². The number of hydrogen-bond acceptors (Lipinski definition) is 4. The molecular weight excluding hydrogens is 202 g/mol. The van der Waals surface area contributed by atoms with Crippen molar-refractivity contribution < 1.29 is 4.79 Å². The summed E-state index contributed by atoms with van der Waals surface area (Å²) in [5.74, 6) is -0.127. The zero-order valence-electron chi connectivity index (χ0n) is 8.92. The summed E-state index contributed by atoms with van der Waals surface area (Å²) in [6.07, 6.45) is 6.81. The fourth-order valence-electron chi connectivity index (χ4n) is 1.48. The molecule has 0 bridgehead atoms. The van der Waals surface area contributed by atoms with Crippen LogP contribution in [-0.4, -0.2) is 20.7 Å². The third kappa shape index (κ3) is 1.95. The highest BCUT2D eigenvalue weighted by Gasteiger charge is 2.13. The average Bonchev–Trinajstić information content (AvgIpc) is 2.39. The van der Waals surface area contributed by atoms with Crippen LogP contribution in [0.25, 0.3) is 0 Å². The number of rotatable bonds is 3. The first-order chi connectivity index (χ1) is 7.83. The van der Waals surface area contributed by atoms with Crippen molar-refractivity contribution in [1.29, 1.82) is 0 Å². The lowest BCUT2D eigenvalue weighted by atomic mass is 10.0. The average molecular weight is 213 g/mol. The quantitative estimate of drug-likeness (QED) is 0.728. The molecule has 4 heteroatoms. The predicted molar refractivity (Wildman–Crippen MR) is 59.1 cm³/mol. The Bertz CT molecular complexity index is 497. The zero-order valence-corrected chi connectivity index (χ0v) is 8.92. The summed E-state index contributed by atoms with van der Waals surface area (Å²) < 4.78 is 0. The number of pyridine rings is 1. The molecule has 0 saturated heterocycles. The highest BCUT2D eigenvalue weighted by molar-refractivity contribution is 6.08. The Morgan fingerprint density at radius 1 is 1.31 bits per heavy atom. The van der Waals surface area contributed by atoms with Crippen molar-refractivity contribution >= 4 is 5.78 Å². The first-order valence-electron chi connectivity index (χ1n) is 5.06. The van der Waals surface area contributed by atoms with E-state index in [2.05, 4.69) is 15.0 Å². The number of carbonyl (C=O) groups is 1. The second-order valence-electron chi connectivity index (χ2n) is 3.32. The number of carbonyl (C=O) groups excluding carboxylic acids is 1. The second-order valence-corrected chi connectivity index (χ2v) is 3.32. The molecule has 0 saturated carbocycles. The molecule has 4 nitrogen and oxygen atoms in total. The second kappa shape index (κ2) is 4.61. The molecule has 0 N–H and O–H groups in total. The van der Waals surface area contributed by atoms with Crippen LogP contribution in [0.1, 0.15) is 28.5 Å². The van der Waals surface area contributed by atoms with Gasteiger partial charge in [0, 0.05) is 18.6 Å². The Morgan fingerprint density at radius 2 is 2.06 bits per heavy atom. The first-order valence-corrected chi connectivity index (χ1v) is 5.06. The molecule has 80 valence electrons. The van der Waals surface area contributed by atoms with Crippen molar-refractivity contribution in [2.45, 2.75) is 13.3 Å². The number of aryl methyl sites for hydroxylation is 1. The molecule has 0 spiro atoms. The van der Waals surface area contributed by atoms with Gasteiger partial charge in [-0.15, -0.1) is 0 Å². The monoisotopic (exact) mass is 213 g/mol. The van der Waals surface area contributed by atoms with Crippen molar-refractivity contribution in [1.82, 2.24) is 15.0 Å². The van der Waals surface area contributed by atoms with Gasteiger partial charge in [-0.2, -0.15) is 0 Å². The van der Waals surface area contributed by atoms with Crippen molar-refractivity contribution in [2.75, 3.05) is 0 Å². The smallest absolute Gasteiger partial charge is 0.214 e. The summed E-state index contributed by atoms with van der Waals surface area (Å²) in [7, 11) is 0. The van der Waals surface area contributed by atoms with Crippen LogP contribution in [0.4, 0.5) is 0 Å². The normalized spacial score (nSPS) is 10.1. The molecule has 0 aliphatic rings. The van der Waals surface area contributed by atoms with Gasteiger partial charge in [0.25, 0.3) is 0 Å². The standard InChI is InChI=1S/C12H11N3O/c1-2-9-4-3-5-15-11(9)12(16)10-6-13-8-14-7-10/h3-8H,2H2,1H3. The Hall–Kier alpha value is -2.10. The maximum absolute atomic E-state index is 12.1. The van der Waals surface area contributed by atoms with Crippen LogP contribution in [0.5, 0.6) is 0 Å². The van der Waals surface area contributed by atoms with E-state index in [1.807, 2.05) is 19.1 Å². The topological polar surface area (TPSA) is 55.7 Å². The molecule has 0 unspecified atom stereocenters. The molecule has 2 heterocycles. The van der Waals surface area contributed by atoms with Gasteiger partial charge in [0.2, 0.25) is 5.78 Å². The number of aromatic nitrogens is 3. The fourth-order valence-corrected chi connectivity index (χ4v) is 1.48. The minimum Gasteiger partial charge on any atom is -0.287 e. The summed E-state index contributed by atoms with van der Waals surface area (Å²) in [5, 5.41) is 0. The largest absolute Gasteiger partial charge is 0.287 e. The minimum absolute atomic E-state index is 0.127. The van der Waals surface area contributed by atoms with Gasteiger partial charge in [0.1, 0.15) is 12.0 Å². The van der Waals surface area contributed by atoms with Crippen LogP contribution in [0, 0.1) is 0 Å². The molecule has 16 heavy (non-hydrogen) atoms. The summed E-state index contributed by atoms with van der Waals surface area (Å²) >= 11 is 0. The van der Waals surface area contributed by atoms with Crippen LogP contribution < -0.4 is 0 Å². The molecular formula is C12H11N3O. The molecule has 0 fully saturated rings. The van der Waals surface area contributed by atoms with E-state index in [0.29, 0.717) is 11.3 Å². The number of hydrogen-bond donors (Lipinski definition) is 0. The summed E-state index contributed by atoms with van der Waals surface area (Å²) in [6, 6.07) is 3.74. The summed E-state index contributed by atoms with van der Waals surface area (Å²) in [4.78, 5) is 23.9. The van der Waals surface area contributed by atoms with Gasteiger partial charge >= 0.3 is 0 Å². The van der Waals surface area contributed by atoms with Crippen LogP contribution in [0.3, 0.4) is 0 Å². The van der Waals surface area contributed by atoms with E-state index in [1.54, 1.807) is 6.20 Å². The van der Waals surface area contributed by atoms with Crippen molar-refractivity contribution in [2.24, 2.45) is 0 Å². The van der Waals surface area contributed by atoms with E-state index in [9.17, 15) is 4.79 Å². The molecule has 0 amide bonds. The lowest BCUT2D eigenvalue weighted by Gasteiger charge is -2.04. The predicted octanol–water partition coefficient (Wildman–Crippen LogP) is 1.66. The summed E-state index contributed by atoms with van der Waals surface area (Å²) in [6.45, 7) is 2.00. The van der Waals surface area contributed by atoms with Crippen molar-refractivity contribution in [3.63, 3.8) is 0 Å². The fraction of sp³-hybridized carbons (Fsp3) is 0.167. The highest BCUT2D eigenvalue weighted by atomic mass is 16.1. The molecule has 0 aliphatic heterocycles. The molecule has 0 atom stereocenters. The van der Waals surface area contributed by atoms with Gasteiger partial charge in [-0.1, -0.05) is 13.0 Å². The van der Waals surface area contributed by atoms with Crippen molar-refractivity contribution in [3.05, 3.63) is 53.9 Å². The Balaban J connectivity index is 2.42. The van der Waals surface area contributed by atoms with E-state index < -0.39 is 0 Å². The van der Waals surface area contributed by atoms with Gasteiger partial charge in [0.15, 0.2) is 0 Å². The highest BCUT2D eigenvalue weighted by Crippen LogP contribution is 2.11. The lowest BCUT2D eigenvalue weighted by molar-refractivity contribution is 0.103. The molecule has 0 aromatic carbocycles. The molecule has 2 aromatic heterocycles. The van der Waals surface area contributed by atoms with E-state index in [1.165, 1.54) is 18.7 Å². The zero-order chi connectivity index (χ0) is 11.4. The lowest BCUT2D eigenvalue weighted by Crippen LogP contribution is -2.08. The van der Waals surface area contributed by atoms with Crippen LogP contribution >= 0.6 is 0 Å². The van der Waals surface area contributed by atoms with Gasteiger partial charge < -0.3 is 0 Å². The molecule has 0 aliphatic carbocycles. The van der Waals surface area contributed by atoms with Crippen LogP contribution in [-0.2, 0) is 6.42 Å². The first kappa shape index (κ1) is 10.4. The molecule has 2 aromatic rings. The van der Waals surface area contributed by atoms with Crippen LogP contribution in [0.15, 0.2) is 37.1 Å². The van der Waals surface area contributed by atoms with E-state index in [-0.39, 0.29) is 5.78 Å². The van der Waals surface area contributed by atoms with E-state index in [4.69, 9.17) is 0 Å². The maximum atomic E-state index is 12.1. The Morgan fingerprint density at radius 3 is 2.75 bits per heavy atom. The van der Waals surface area contributed by atoms with E-state index >= 15 is 0 Å². The Kier molecular flexibility index (Phi) is 3.00. The van der Waals surface area contributed by atoms with Gasteiger partial charge in [0.05, 0.1) is 5.56 Å². The Labute approximate surface area is 93.4 Å². The van der Waals surface area contributed by atoms with Gasteiger partial charge in [-0.3, -0.25) is 9.78 Å². The molecule has 2 rings (SSSR count). The minimum atomic E-state index is -0.127. The van der Waals surface area contributed by atoms with Crippen LogP contribution in [0.2, 0.25) is 0 Å². The third-order valence-electron chi connectivity index (χ3n) is 2.31. The van der Waals surface area contributed by atoms with Crippen molar-refractivity contribution in [3.8, 4) is 0 Å². The van der Waals surface area contributed by atoms with Gasteiger partial charge in [-0.05, 0) is 18.1 Å². The SMILES string of the molecule is CCc1cccnc1C(=O)c1cncnc1.